The van der Waals surface area contributed by atoms with E-state index in [0.717, 1.165) is 27.8 Å². The minimum absolute atomic E-state index is 0.0475. The van der Waals surface area contributed by atoms with E-state index in [-0.39, 0.29) is 16.3 Å². The summed E-state index contributed by atoms with van der Waals surface area (Å²) in [5.41, 5.74) is 6.39. The number of anilines is 3. The fourth-order valence-electron chi connectivity index (χ4n) is 2.79. The van der Waals surface area contributed by atoms with Gasteiger partial charge in [0, 0.05) is 11.3 Å². The SMILES string of the molecule is NC(=O)c1nc(Nc2ccc3ccccc3c2)sc1NC(=O)c1ccc(F)cc1. The molecule has 4 rings (SSSR count). The first kappa shape index (κ1) is 18.6. The molecule has 0 aliphatic carbocycles. The van der Waals surface area contributed by atoms with Gasteiger partial charge in [-0.2, -0.15) is 0 Å². The van der Waals surface area contributed by atoms with E-state index in [0.29, 0.717) is 5.13 Å². The van der Waals surface area contributed by atoms with Crippen LogP contribution >= 0.6 is 11.3 Å². The zero-order valence-corrected chi connectivity index (χ0v) is 15.8. The van der Waals surface area contributed by atoms with Crippen LogP contribution in [0.15, 0.2) is 66.7 Å². The molecule has 0 atom stereocenters. The molecule has 0 aliphatic heterocycles. The smallest absolute Gasteiger partial charge is 0.270 e. The lowest BCUT2D eigenvalue weighted by atomic mass is 10.1. The molecule has 2 amide bonds. The largest absolute Gasteiger partial charge is 0.364 e. The molecule has 0 saturated heterocycles. The van der Waals surface area contributed by atoms with Crippen molar-refractivity contribution in [1.82, 2.24) is 4.98 Å². The van der Waals surface area contributed by atoms with Crippen molar-refractivity contribution in [3.05, 3.63) is 83.8 Å². The van der Waals surface area contributed by atoms with Crippen molar-refractivity contribution >= 4 is 49.7 Å². The highest BCUT2D eigenvalue weighted by atomic mass is 32.1. The van der Waals surface area contributed by atoms with Gasteiger partial charge >= 0.3 is 0 Å². The zero-order valence-electron chi connectivity index (χ0n) is 15.0. The monoisotopic (exact) mass is 406 g/mol. The van der Waals surface area contributed by atoms with Crippen LogP contribution in [0.1, 0.15) is 20.8 Å². The number of primary amides is 1. The lowest BCUT2D eigenvalue weighted by Gasteiger charge is -2.04. The maximum atomic E-state index is 13.0. The Kier molecular flexibility index (Phi) is 4.92. The third-order valence-electron chi connectivity index (χ3n) is 4.19. The second-order valence-electron chi connectivity index (χ2n) is 6.21. The predicted molar refractivity (Wildman–Crippen MR) is 112 cm³/mol. The highest BCUT2D eigenvalue weighted by Crippen LogP contribution is 2.31. The summed E-state index contributed by atoms with van der Waals surface area (Å²) < 4.78 is 13.0. The number of amides is 2. The van der Waals surface area contributed by atoms with Crippen LogP contribution in [0.4, 0.5) is 20.2 Å². The van der Waals surface area contributed by atoms with Crippen molar-refractivity contribution in [3.8, 4) is 0 Å². The highest BCUT2D eigenvalue weighted by molar-refractivity contribution is 7.20. The Balaban J connectivity index is 1.59. The molecule has 29 heavy (non-hydrogen) atoms. The summed E-state index contributed by atoms with van der Waals surface area (Å²) in [5.74, 6) is -1.70. The van der Waals surface area contributed by atoms with E-state index in [1.54, 1.807) is 0 Å². The van der Waals surface area contributed by atoms with Crippen molar-refractivity contribution in [2.75, 3.05) is 10.6 Å². The minimum atomic E-state index is -0.762. The number of hydrogen-bond acceptors (Lipinski definition) is 5. The second kappa shape index (κ2) is 7.69. The number of benzene rings is 3. The van der Waals surface area contributed by atoms with Crippen molar-refractivity contribution < 1.29 is 14.0 Å². The standard InChI is InChI=1S/C21H15FN4O2S/c22-15-8-5-13(6-9-15)19(28)26-20-17(18(23)27)25-21(29-20)24-16-10-7-12-3-1-2-4-14(12)11-16/h1-11H,(H2,23,27)(H,24,25)(H,26,28). The van der Waals surface area contributed by atoms with Gasteiger partial charge in [0.05, 0.1) is 0 Å². The molecule has 3 aromatic carbocycles. The van der Waals surface area contributed by atoms with Crippen LogP contribution in [0.25, 0.3) is 10.8 Å². The molecule has 4 aromatic rings. The Bertz CT molecular complexity index is 1220. The summed E-state index contributed by atoms with van der Waals surface area (Å²) in [4.78, 5) is 28.4. The molecule has 0 aliphatic rings. The first-order valence-corrected chi connectivity index (χ1v) is 9.44. The molecule has 8 heteroatoms. The Morgan fingerprint density at radius 3 is 2.41 bits per heavy atom. The number of halogens is 1. The summed E-state index contributed by atoms with van der Waals surface area (Å²) in [5, 5.41) is 8.52. The van der Waals surface area contributed by atoms with E-state index < -0.39 is 17.6 Å². The van der Waals surface area contributed by atoms with Crippen molar-refractivity contribution in [1.29, 1.82) is 0 Å². The van der Waals surface area contributed by atoms with Gasteiger partial charge in [-0.15, -0.1) is 0 Å². The molecular weight excluding hydrogens is 391 g/mol. The van der Waals surface area contributed by atoms with Crippen LogP contribution in [-0.2, 0) is 0 Å². The average Bonchev–Trinajstić information content (AvgIpc) is 3.10. The zero-order chi connectivity index (χ0) is 20.4. The van der Waals surface area contributed by atoms with Crippen molar-refractivity contribution in [3.63, 3.8) is 0 Å². The Labute approximate surface area is 169 Å². The molecule has 144 valence electrons. The third-order valence-corrected chi connectivity index (χ3v) is 5.08. The molecule has 6 nitrogen and oxygen atoms in total. The fraction of sp³-hybridized carbons (Fsp3) is 0. The van der Waals surface area contributed by atoms with Gasteiger partial charge in [0.2, 0.25) is 0 Å². The quantitative estimate of drug-likeness (QED) is 0.454. The molecule has 0 spiro atoms. The van der Waals surface area contributed by atoms with Crippen LogP contribution in [-0.4, -0.2) is 16.8 Å². The van der Waals surface area contributed by atoms with E-state index in [1.807, 2.05) is 42.5 Å². The van der Waals surface area contributed by atoms with Crippen LogP contribution in [0.2, 0.25) is 0 Å². The Hall–Kier alpha value is -3.78. The summed E-state index contributed by atoms with van der Waals surface area (Å²) in [7, 11) is 0. The number of rotatable bonds is 5. The fourth-order valence-corrected chi connectivity index (χ4v) is 3.68. The van der Waals surface area contributed by atoms with E-state index in [9.17, 15) is 14.0 Å². The first-order chi connectivity index (χ1) is 14.0. The molecule has 0 unspecified atom stereocenters. The number of nitrogens with two attached hydrogens (primary N) is 1. The number of carbonyl (C=O) groups is 2. The topological polar surface area (TPSA) is 97.1 Å². The summed E-state index contributed by atoms with van der Waals surface area (Å²) in [6.07, 6.45) is 0. The average molecular weight is 406 g/mol. The molecule has 0 saturated carbocycles. The van der Waals surface area contributed by atoms with Gasteiger partial charge in [-0.1, -0.05) is 41.7 Å². The van der Waals surface area contributed by atoms with Gasteiger partial charge in [0.15, 0.2) is 10.8 Å². The number of hydrogen-bond donors (Lipinski definition) is 3. The second-order valence-corrected chi connectivity index (χ2v) is 7.21. The van der Waals surface area contributed by atoms with Gasteiger partial charge in [-0.3, -0.25) is 9.59 Å². The van der Waals surface area contributed by atoms with Crippen LogP contribution in [0.5, 0.6) is 0 Å². The molecule has 0 radical (unpaired) electrons. The molecular formula is C21H15FN4O2S. The van der Waals surface area contributed by atoms with Gasteiger partial charge in [0.1, 0.15) is 10.8 Å². The predicted octanol–water partition coefficient (Wildman–Crippen LogP) is 4.53. The Morgan fingerprint density at radius 2 is 1.69 bits per heavy atom. The summed E-state index contributed by atoms with van der Waals surface area (Å²) in [6.45, 7) is 0. The van der Waals surface area contributed by atoms with E-state index in [2.05, 4.69) is 15.6 Å². The van der Waals surface area contributed by atoms with Gasteiger partial charge in [0.25, 0.3) is 11.8 Å². The number of fused-ring (bicyclic) bond motifs is 1. The van der Waals surface area contributed by atoms with Crippen LogP contribution < -0.4 is 16.4 Å². The number of nitrogens with one attached hydrogen (secondary N) is 2. The van der Waals surface area contributed by atoms with E-state index >= 15 is 0 Å². The maximum Gasteiger partial charge on any atom is 0.270 e. The normalized spacial score (nSPS) is 10.7. The van der Waals surface area contributed by atoms with E-state index in [4.69, 9.17) is 5.73 Å². The molecule has 0 bridgehead atoms. The lowest BCUT2D eigenvalue weighted by Crippen LogP contribution is -2.17. The molecule has 4 N–H and O–H groups in total. The summed E-state index contributed by atoms with van der Waals surface area (Å²) >= 11 is 1.09. The third kappa shape index (κ3) is 4.07. The minimum Gasteiger partial charge on any atom is -0.364 e. The number of nitrogens with zero attached hydrogens (tertiary/aromatic N) is 1. The lowest BCUT2D eigenvalue weighted by molar-refractivity contribution is 0.0997. The molecule has 0 fully saturated rings. The van der Waals surface area contributed by atoms with E-state index in [1.165, 1.54) is 24.3 Å². The number of carbonyl (C=O) groups excluding carboxylic acids is 2. The van der Waals surface area contributed by atoms with Gasteiger partial charge in [-0.05, 0) is 47.2 Å². The highest BCUT2D eigenvalue weighted by Gasteiger charge is 2.19. The number of thiazole rings is 1. The molecule has 1 aromatic heterocycles. The Morgan fingerprint density at radius 1 is 0.966 bits per heavy atom. The number of aromatic nitrogens is 1. The van der Waals surface area contributed by atoms with Gasteiger partial charge in [-0.25, -0.2) is 9.37 Å². The van der Waals surface area contributed by atoms with Crippen molar-refractivity contribution in [2.45, 2.75) is 0 Å². The first-order valence-electron chi connectivity index (χ1n) is 8.63. The molecule has 1 heterocycles. The maximum absolute atomic E-state index is 13.0. The van der Waals surface area contributed by atoms with Crippen molar-refractivity contribution in [2.24, 2.45) is 5.73 Å². The van der Waals surface area contributed by atoms with Crippen LogP contribution in [0, 0.1) is 5.82 Å². The summed E-state index contributed by atoms with van der Waals surface area (Å²) in [6, 6.07) is 18.8. The van der Waals surface area contributed by atoms with Gasteiger partial charge < -0.3 is 16.4 Å². The van der Waals surface area contributed by atoms with Crippen LogP contribution in [0.3, 0.4) is 0 Å².